The number of ether oxygens (including phenoxy) is 1. The van der Waals surface area contributed by atoms with E-state index in [0.717, 1.165) is 57.7 Å². The van der Waals surface area contributed by atoms with E-state index in [1.54, 1.807) is 6.07 Å². The van der Waals surface area contributed by atoms with Gasteiger partial charge in [0.1, 0.15) is 5.82 Å². The minimum Gasteiger partial charge on any atom is -0.376 e. The molecule has 5 nitrogen and oxygen atoms in total. The van der Waals surface area contributed by atoms with Crippen molar-refractivity contribution in [2.24, 2.45) is 0 Å². The van der Waals surface area contributed by atoms with Crippen molar-refractivity contribution in [1.29, 1.82) is 0 Å². The first kappa shape index (κ1) is 19.9. The number of hydrogen-bond donors (Lipinski definition) is 1. The number of para-hydroxylation sites is 1. The molecule has 2 aromatic rings. The van der Waals surface area contributed by atoms with E-state index in [0.29, 0.717) is 17.8 Å². The van der Waals surface area contributed by atoms with Crippen molar-refractivity contribution >= 4 is 11.6 Å². The predicted octanol–water partition coefficient (Wildman–Crippen LogP) is 3.06. The first-order valence-corrected chi connectivity index (χ1v) is 10.4. The molecule has 2 aromatic carbocycles. The number of carbonyl (C=O) groups is 1. The van der Waals surface area contributed by atoms with Crippen LogP contribution in [0, 0.1) is 5.82 Å². The minimum absolute atomic E-state index is 0.0493. The molecule has 1 N–H and O–H groups in total. The highest BCUT2D eigenvalue weighted by Crippen LogP contribution is 2.21. The van der Waals surface area contributed by atoms with Crippen molar-refractivity contribution in [3.8, 4) is 0 Å². The lowest BCUT2D eigenvalue weighted by atomic mass is 10.1. The van der Waals surface area contributed by atoms with E-state index in [9.17, 15) is 9.18 Å². The van der Waals surface area contributed by atoms with E-state index >= 15 is 0 Å². The van der Waals surface area contributed by atoms with Gasteiger partial charge in [-0.2, -0.15) is 0 Å². The van der Waals surface area contributed by atoms with Gasteiger partial charge in [0.2, 0.25) is 0 Å². The van der Waals surface area contributed by atoms with Crippen molar-refractivity contribution in [2.75, 3.05) is 44.2 Å². The number of nitrogens with zero attached hydrogens (tertiary/aromatic N) is 2. The Morgan fingerprint density at radius 1 is 1.10 bits per heavy atom. The third kappa shape index (κ3) is 5.14. The zero-order chi connectivity index (χ0) is 20.1. The molecule has 2 aliphatic rings. The molecular formula is C23H28FN3O2. The molecule has 1 amide bonds. The summed E-state index contributed by atoms with van der Waals surface area (Å²) >= 11 is 0. The summed E-state index contributed by atoms with van der Waals surface area (Å²) < 4.78 is 19.6. The lowest BCUT2D eigenvalue weighted by molar-refractivity contribution is 0.0857. The van der Waals surface area contributed by atoms with Crippen molar-refractivity contribution in [3.63, 3.8) is 0 Å². The Bertz CT molecular complexity index is 830. The number of nitrogens with one attached hydrogen (secondary N) is 1. The van der Waals surface area contributed by atoms with Crippen LogP contribution in [-0.2, 0) is 11.3 Å². The first-order chi connectivity index (χ1) is 14.2. The fourth-order valence-corrected chi connectivity index (χ4v) is 4.04. The molecule has 0 saturated carbocycles. The molecule has 29 heavy (non-hydrogen) atoms. The van der Waals surface area contributed by atoms with Crippen LogP contribution in [-0.4, -0.2) is 56.2 Å². The molecule has 2 aliphatic heterocycles. The molecule has 4 rings (SSSR count). The van der Waals surface area contributed by atoms with Gasteiger partial charge >= 0.3 is 0 Å². The van der Waals surface area contributed by atoms with E-state index < -0.39 is 0 Å². The number of amides is 1. The maximum atomic E-state index is 14.0. The average Bonchev–Trinajstić information content (AvgIpc) is 3.27. The molecule has 2 heterocycles. The summed E-state index contributed by atoms with van der Waals surface area (Å²) in [6, 6.07) is 14.8. The van der Waals surface area contributed by atoms with Crippen LogP contribution in [0.4, 0.5) is 10.1 Å². The Labute approximate surface area is 171 Å². The fraction of sp³-hybridized carbons (Fsp3) is 0.435. The van der Waals surface area contributed by atoms with E-state index in [-0.39, 0.29) is 17.8 Å². The van der Waals surface area contributed by atoms with Gasteiger partial charge in [-0.25, -0.2) is 4.39 Å². The fourth-order valence-electron chi connectivity index (χ4n) is 4.04. The third-order valence-electron chi connectivity index (χ3n) is 5.68. The maximum Gasteiger partial charge on any atom is 0.251 e. The summed E-state index contributed by atoms with van der Waals surface area (Å²) in [4.78, 5) is 16.9. The first-order valence-electron chi connectivity index (χ1n) is 10.4. The van der Waals surface area contributed by atoms with Gasteiger partial charge in [-0.1, -0.05) is 24.3 Å². The van der Waals surface area contributed by atoms with Gasteiger partial charge in [0, 0.05) is 51.4 Å². The monoisotopic (exact) mass is 397 g/mol. The lowest BCUT2D eigenvalue weighted by Gasteiger charge is -2.36. The van der Waals surface area contributed by atoms with E-state index in [1.807, 2.05) is 30.3 Å². The van der Waals surface area contributed by atoms with Crippen molar-refractivity contribution in [1.82, 2.24) is 10.2 Å². The number of anilines is 1. The molecule has 6 heteroatoms. The van der Waals surface area contributed by atoms with Crippen LogP contribution in [0.3, 0.4) is 0 Å². The van der Waals surface area contributed by atoms with E-state index in [4.69, 9.17) is 4.74 Å². The zero-order valence-corrected chi connectivity index (χ0v) is 16.6. The van der Waals surface area contributed by atoms with Gasteiger partial charge in [-0.15, -0.1) is 0 Å². The van der Waals surface area contributed by atoms with Gasteiger partial charge in [-0.3, -0.25) is 9.69 Å². The average molecular weight is 397 g/mol. The summed E-state index contributed by atoms with van der Waals surface area (Å²) in [7, 11) is 0. The Balaban J connectivity index is 1.29. The van der Waals surface area contributed by atoms with Crippen LogP contribution in [0.5, 0.6) is 0 Å². The standard InChI is InChI=1S/C23H28FN3O2/c24-21-8-1-2-9-22(21)27-12-10-26(11-13-27)17-18-5-3-6-19(15-18)23(28)25-16-20-7-4-14-29-20/h1-3,5-6,8-9,15,20H,4,7,10-14,16-17H2,(H,25,28)/t20-/m1/s1. The van der Waals surface area contributed by atoms with Gasteiger partial charge in [-0.05, 0) is 42.7 Å². The second kappa shape index (κ2) is 9.37. The second-order valence-electron chi connectivity index (χ2n) is 7.76. The van der Waals surface area contributed by atoms with Crippen molar-refractivity contribution < 1.29 is 13.9 Å². The Morgan fingerprint density at radius 2 is 1.93 bits per heavy atom. The largest absolute Gasteiger partial charge is 0.376 e. The summed E-state index contributed by atoms with van der Waals surface area (Å²) in [5.74, 6) is -0.214. The number of halogens is 1. The zero-order valence-electron chi connectivity index (χ0n) is 16.6. The van der Waals surface area contributed by atoms with Gasteiger partial charge in [0.05, 0.1) is 11.8 Å². The Hall–Kier alpha value is -2.44. The van der Waals surface area contributed by atoms with Crippen LogP contribution in [0.25, 0.3) is 0 Å². The smallest absolute Gasteiger partial charge is 0.251 e. The highest BCUT2D eigenvalue weighted by Gasteiger charge is 2.20. The van der Waals surface area contributed by atoms with E-state index in [1.165, 1.54) is 6.07 Å². The van der Waals surface area contributed by atoms with Gasteiger partial charge in [0.15, 0.2) is 0 Å². The number of rotatable bonds is 6. The maximum absolute atomic E-state index is 14.0. The number of benzene rings is 2. The molecule has 154 valence electrons. The molecule has 2 saturated heterocycles. The highest BCUT2D eigenvalue weighted by atomic mass is 19.1. The second-order valence-corrected chi connectivity index (χ2v) is 7.76. The topological polar surface area (TPSA) is 44.8 Å². The molecule has 0 spiro atoms. The van der Waals surface area contributed by atoms with Crippen LogP contribution < -0.4 is 10.2 Å². The molecule has 0 unspecified atom stereocenters. The SMILES string of the molecule is O=C(NC[C@H]1CCCO1)c1cccc(CN2CCN(c3ccccc3F)CC2)c1. The normalized spacial score (nSPS) is 20.0. The quantitative estimate of drug-likeness (QED) is 0.814. The molecule has 2 fully saturated rings. The number of piperazine rings is 1. The number of hydrogen-bond acceptors (Lipinski definition) is 4. The predicted molar refractivity (Wildman–Crippen MR) is 112 cm³/mol. The van der Waals surface area contributed by atoms with Crippen LogP contribution in [0.1, 0.15) is 28.8 Å². The van der Waals surface area contributed by atoms with Crippen LogP contribution in [0.2, 0.25) is 0 Å². The van der Waals surface area contributed by atoms with Gasteiger partial charge in [0.25, 0.3) is 5.91 Å². The summed E-state index contributed by atoms with van der Waals surface area (Å²) in [6.07, 6.45) is 2.23. The molecule has 0 aromatic heterocycles. The summed E-state index contributed by atoms with van der Waals surface area (Å²) in [5, 5.41) is 2.98. The molecular weight excluding hydrogens is 369 g/mol. The van der Waals surface area contributed by atoms with Crippen LogP contribution in [0.15, 0.2) is 48.5 Å². The summed E-state index contributed by atoms with van der Waals surface area (Å²) in [6.45, 7) is 5.47. The van der Waals surface area contributed by atoms with E-state index in [2.05, 4.69) is 21.2 Å². The molecule has 1 atom stereocenters. The molecule has 0 aliphatic carbocycles. The highest BCUT2D eigenvalue weighted by molar-refractivity contribution is 5.94. The number of carbonyl (C=O) groups excluding carboxylic acids is 1. The van der Waals surface area contributed by atoms with Gasteiger partial charge < -0.3 is 15.0 Å². The van der Waals surface area contributed by atoms with Crippen molar-refractivity contribution in [2.45, 2.75) is 25.5 Å². The van der Waals surface area contributed by atoms with Crippen molar-refractivity contribution in [3.05, 3.63) is 65.5 Å². The molecule has 0 bridgehead atoms. The Morgan fingerprint density at radius 3 is 2.69 bits per heavy atom. The minimum atomic E-state index is -0.164. The third-order valence-corrected chi connectivity index (χ3v) is 5.68. The van der Waals surface area contributed by atoms with Crippen LogP contribution >= 0.6 is 0 Å². The molecule has 0 radical (unpaired) electrons. The summed E-state index contributed by atoms with van der Waals surface area (Å²) in [5.41, 5.74) is 2.48. The Kier molecular flexibility index (Phi) is 6.42. The lowest BCUT2D eigenvalue weighted by Crippen LogP contribution is -2.46.